The Balaban J connectivity index is 1.85. The summed E-state index contributed by atoms with van der Waals surface area (Å²) in [6.45, 7) is 3.10. The Kier molecular flexibility index (Phi) is 6.02. The van der Waals surface area contributed by atoms with Crippen molar-refractivity contribution in [2.45, 2.75) is 19.3 Å². The molecule has 0 aliphatic carbocycles. The van der Waals surface area contributed by atoms with Gasteiger partial charge in [-0.05, 0) is 50.6 Å². The van der Waals surface area contributed by atoms with Gasteiger partial charge in [-0.25, -0.2) is 0 Å². The number of hydrogen-bond acceptors (Lipinski definition) is 4. The maximum absolute atomic E-state index is 11.8. The van der Waals surface area contributed by atoms with Gasteiger partial charge in [-0.2, -0.15) is 0 Å². The lowest BCUT2D eigenvalue weighted by Crippen LogP contribution is -2.32. The number of anilines is 2. The highest BCUT2D eigenvalue weighted by atomic mass is 16.3. The molecule has 1 amide bonds. The molecule has 1 aliphatic rings. The van der Waals surface area contributed by atoms with Crippen molar-refractivity contribution in [2.24, 2.45) is 0 Å². The molecule has 0 aromatic heterocycles. The molecule has 1 fully saturated rings. The minimum absolute atomic E-state index is 0.0586. The number of nitrogens with zero attached hydrogens (tertiary/aromatic N) is 2. The number of aliphatic hydroxyl groups is 1. The fourth-order valence-corrected chi connectivity index (χ4v) is 2.60. The molecule has 21 heavy (non-hydrogen) atoms. The van der Waals surface area contributed by atoms with Crippen molar-refractivity contribution < 1.29 is 9.90 Å². The highest BCUT2D eigenvalue weighted by Crippen LogP contribution is 2.21. The molecule has 1 heterocycles. The van der Waals surface area contributed by atoms with Gasteiger partial charge in [0, 0.05) is 31.0 Å². The zero-order valence-electron chi connectivity index (χ0n) is 12.7. The summed E-state index contributed by atoms with van der Waals surface area (Å²) in [5.41, 5.74) is 2.04. The average molecular weight is 291 g/mol. The van der Waals surface area contributed by atoms with Crippen LogP contribution in [0.5, 0.6) is 0 Å². The molecule has 0 radical (unpaired) electrons. The first kappa shape index (κ1) is 15.8. The predicted molar refractivity (Wildman–Crippen MR) is 85.7 cm³/mol. The smallest absolute Gasteiger partial charge is 0.238 e. The van der Waals surface area contributed by atoms with Crippen LogP contribution in [0.4, 0.5) is 11.4 Å². The second-order valence-corrected chi connectivity index (χ2v) is 5.60. The summed E-state index contributed by atoms with van der Waals surface area (Å²) in [5, 5.41) is 11.7. The highest BCUT2D eigenvalue weighted by Gasteiger charge is 2.11. The SMILES string of the molecule is CN(CCO)CC(=O)Nc1ccc(N2CCCCC2)cc1. The molecule has 5 heteroatoms. The van der Waals surface area contributed by atoms with Crippen LogP contribution in [0.3, 0.4) is 0 Å². The third kappa shape index (κ3) is 5.02. The van der Waals surface area contributed by atoms with E-state index in [0.717, 1.165) is 18.8 Å². The monoisotopic (exact) mass is 291 g/mol. The molecule has 0 spiro atoms. The van der Waals surface area contributed by atoms with Gasteiger partial charge in [0.2, 0.25) is 5.91 Å². The number of nitrogens with one attached hydrogen (secondary N) is 1. The van der Waals surface area contributed by atoms with E-state index in [1.807, 2.05) is 19.2 Å². The van der Waals surface area contributed by atoms with E-state index < -0.39 is 0 Å². The largest absolute Gasteiger partial charge is 0.395 e. The van der Waals surface area contributed by atoms with Crippen LogP contribution < -0.4 is 10.2 Å². The average Bonchev–Trinajstić information content (AvgIpc) is 2.49. The number of aliphatic hydroxyl groups excluding tert-OH is 1. The van der Waals surface area contributed by atoms with Crippen molar-refractivity contribution in [3.05, 3.63) is 24.3 Å². The molecular formula is C16H25N3O2. The van der Waals surface area contributed by atoms with E-state index in [1.165, 1.54) is 24.9 Å². The maximum atomic E-state index is 11.8. The Morgan fingerprint density at radius 2 is 1.90 bits per heavy atom. The van der Waals surface area contributed by atoms with Crippen molar-refractivity contribution in [2.75, 3.05) is 50.1 Å². The standard InChI is InChI=1S/C16H25N3O2/c1-18(11-12-20)13-16(21)17-14-5-7-15(8-6-14)19-9-3-2-4-10-19/h5-8,20H,2-4,9-13H2,1H3,(H,17,21). The highest BCUT2D eigenvalue weighted by molar-refractivity contribution is 5.92. The number of hydrogen-bond donors (Lipinski definition) is 2. The molecule has 116 valence electrons. The Labute approximate surface area is 126 Å². The number of amides is 1. The van der Waals surface area contributed by atoms with Gasteiger partial charge < -0.3 is 15.3 Å². The summed E-state index contributed by atoms with van der Waals surface area (Å²) in [6.07, 6.45) is 3.84. The molecule has 1 aromatic rings. The summed E-state index contributed by atoms with van der Waals surface area (Å²) < 4.78 is 0. The number of rotatable bonds is 6. The normalized spacial score (nSPS) is 15.3. The van der Waals surface area contributed by atoms with Gasteiger partial charge in [0.25, 0.3) is 0 Å². The van der Waals surface area contributed by atoms with Gasteiger partial charge in [-0.1, -0.05) is 0 Å². The first-order chi connectivity index (χ1) is 10.2. The van der Waals surface area contributed by atoms with Crippen LogP contribution in [0.2, 0.25) is 0 Å². The number of likely N-dealkylation sites (N-methyl/N-ethyl adjacent to an activating group) is 1. The van der Waals surface area contributed by atoms with E-state index in [-0.39, 0.29) is 19.1 Å². The zero-order chi connectivity index (χ0) is 15.1. The van der Waals surface area contributed by atoms with E-state index in [4.69, 9.17) is 5.11 Å². The van der Waals surface area contributed by atoms with Crippen molar-refractivity contribution in [3.63, 3.8) is 0 Å². The van der Waals surface area contributed by atoms with E-state index in [1.54, 1.807) is 4.90 Å². The lowest BCUT2D eigenvalue weighted by atomic mass is 10.1. The first-order valence-corrected chi connectivity index (χ1v) is 7.63. The first-order valence-electron chi connectivity index (χ1n) is 7.63. The third-order valence-corrected chi connectivity index (χ3v) is 3.77. The molecule has 5 nitrogen and oxygen atoms in total. The van der Waals surface area contributed by atoms with Gasteiger partial charge in [0.15, 0.2) is 0 Å². The Morgan fingerprint density at radius 3 is 2.52 bits per heavy atom. The minimum atomic E-state index is -0.0586. The second kappa shape index (κ2) is 8.00. The van der Waals surface area contributed by atoms with Crippen molar-refractivity contribution in [3.8, 4) is 0 Å². The van der Waals surface area contributed by atoms with Crippen molar-refractivity contribution in [1.82, 2.24) is 4.90 Å². The van der Waals surface area contributed by atoms with Crippen LogP contribution in [-0.4, -0.2) is 55.7 Å². The summed E-state index contributed by atoms with van der Waals surface area (Å²) in [7, 11) is 1.81. The van der Waals surface area contributed by atoms with Gasteiger partial charge in [-0.3, -0.25) is 9.69 Å². The van der Waals surface area contributed by atoms with Crippen LogP contribution in [0.1, 0.15) is 19.3 Å². The molecule has 0 bridgehead atoms. The molecule has 1 aromatic carbocycles. The molecule has 1 aliphatic heterocycles. The number of carbonyl (C=O) groups excluding carboxylic acids is 1. The van der Waals surface area contributed by atoms with E-state index >= 15 is 0 Å². The van der Waals surface area contributed by atoms with Crippen LogP contribution in [0.15, 0.2) is 24.3 Å². The molecule has 0 saturated carbocycles. The summed E-state index contributed by atoms with van der Waals surface area (Å²) in [5.74, 6) is -0.0586. The van der Waals surface area contributed by atoms with Crippen LogP contribution >= 0.6 is 0 Å². The molecule has 1 saturated heterocycles. The summed E-state index contributed by atoms with van der Waals surface area (Å²) >= 11 is 0. The molecular weight excluding hydrogens is 266 g/mol. The van der Waals surface area contributed by atoms with E-state index in [0.29, 0.717) is 6.54 Å². The Hall–Kier alpha value is -1.59. The topological polar surface area (TPSA) is 55.8 Å². The minimum Gasteiger partial charge on any atom is -0.395 e. The lowest BCUT2D eigenvalue weighted by molar-refractivity contribution is -0.117. The van der Waals surface area contributed by atoms with Gasteiger partial charge in [0.05, 0.1) is 13.2 Å². The van der Waals surface area contributed by atoms with E-state index in [2.05, 4.69) is 22.3 Å². The van der Waals surface area contributed by atoms with Gasteiger partial charge in [0.1, 0.15) is 0 Å². The van der Waals surface area contributed by atoms with Crippen LogP contribution in [0.25, 0.3) is 0 Å². The lowest BCUT2D eigenvalue weighted by Gasteiger charge is -2.28. The number of benzene rings is 1. The predicted octanol–water partition coefficient (Wildman–Crippen LogP) is 1.54. The summed E-state index contributed by atoms with van der Waals surface area (Å²) in [4.78, 5) is 16.0. The van der Waals surface area contributed by atoms with Gasteiger partial charge in [-0.15, -0.1) is 0 Å². The quantitative estimate of drug-likeness (QED) is 0.835. The van der Waals surface area contributed by atoms with E-state index in [9.17, 15) is 4.79 Å². The molecule has 0 unspecified atom stereocenters. The second-order valence-electron chi connectivity index (χ2n) is 5.60. The molecule has 2 N–H and O–H groups in total. The van der Waals surface area contributed by atoms with Crippen molar-refractivity contribution >= 4 is 17.3 Å². The van der Waals surface area contributed by atoms with Crippen LogP contribution in [-0.2, 0) is 4.79 Å². The fraction of sp³-hybridized carbons (Fsp3) is 0.562. The molecule has 0 atom stereocenters. The number of piperidine rings is 1. The fourth-order valence-electron chi connectivity index (χ4n) is 2.60. The zero-order valence-corrected chi connectivity index (χ0v) is 12.7. The van der Waals surface area contributed by atoms with Crippen LogP contribution in [0, 0.1) is 0 Å². The number of carbonyl (C=O) groups is 1. The van der Waals surface area contributed by atoms with Gasteiger partial charge >= 0.3 is 0 Å². The maximum Gasteiger partial charge on any atom is 0.238 e. The Bertz CT molecular complexity index is 441. The van der Waals surface area contributed by atoms with Crippen molar-refractivity contribution in [1.29, 1.82) is 0 Å². The Morgan fingerprint density at radius 1 is 1.24 bits per heavy atom. The third-order valence-electron chi connectivity index (χ3n) is 3.77. The summed E-state index contributed by atoms with van der Waals surface area (Å²) in [6, 6.07) is 8.04. The molecule has 2 rings (SSSR count).